The topological polar surface area (TPSA) is 375 Å². The van der Waals surface area contributed by atoms with Crippen molar-refractivity contribution in [3.05, 3.63) is 105 Å². The van der Waals surface area contributed by atoms with Gasteiger partial charge in [0.1, 0.15) is 47.0 Å². The third kappa shape index (κ3) is 21.1. The second kappa shape index (κ2) is 35.0. The molecule has 0 bridgehead atoms. The molecule has 0 aliphatic carbocycles. The molecule has 2 saturated heterocycles. The van der Waals surface area contributed by atoms with Crippen molar-refractivity contribution >= 4 is 117 Å². The van der Waals surface area contributed by atoms with Gasteiger partial charge in [0.15, 0.2) is 47.1 Å². The summed E-state index contributed by atoms with van der Waals surface area (Å²) in [7, 11) is -1.64. The van der Waals surface area contributed by atoms with Gasteiger partial charge in [-0.2, -0.15) is 31.4 Å². The summed E-state index contributed by atoms with van der Waals surface area (Å²) in [6, 6.07) is 23.3. The van der Waals surface area contributed by atoms with Gasteiger partial charge in [-0.1, -0.05) is 128 Å². The Bertz CT molecular complexity index is 4100. The van der Waals surface area contributed by atoms with E-state index in [1.165, 1.54) is 70.1 Å². The van der Waals surface area contributed by atoms with Crippen molar-refractivity contribution in [2.24, 2.45) is 10.8 Å². The van der Waals surface area contributed by atoms with Gasteiger partial charge in [0.2, 0.25) is 23.7 Å². The number of nitrogens with one attached hydrogen (secondary N) is 2. The number of aromatic nitrogens is 8. The van der Waals surface area contributed by atoms with Crippen molar-refractivity contribution in [2.45, 2.75) is 149 Å². The number of hydrogen-bond donors (Lipinski definition) is 7. The maximum absolute atomic E-state index is 15.8. The van der Waals surface area contributed by atoms with Crippen LogP contribution in [-0.2, 0) is 42.2 Å². The Morgan fingerprint density at radius 1 is 0.697 bits per heavy atom. The third-order valence-corrected chi connectivity index (χ3v) is 17.9. The number of fused-ring (bicyclic) bond motifs is 4. The van der Waals surface area contributed by atoms with Gasteiger partial charge in [0.25, 0.3) is 0 Å². The first kappa shape index (κ1) is 83.2. The smallest absolute Gasteiger partial charge is 1.00 e. The minimum atomic E-state index is -4.43. The molecule has 35 heteroatoms. The fourth-order valence-electron chi connectivity index (χ4n) is 9.66. The molecule has 2 fully saturated rings. The Morgan fingerprint density at radius 3 is 1.49 bits per heavy atom. The van der Waals surface area contributed by atoms with Crippen LogP contribution in [0, 0.1) is 17.8 Å². The molecule has 2 unspecified atom stereocenters. The summed E-state index contributed by atoms with van der Waals surface area (Å²) >= 11 is 6.01. The number of ether oxygens (including phenoxy) is 6. The van der Waals surface area contributed by atoms with E-state index in [-0.39, 0.29) is 106 Å². The monoisotopic (exact) mass is 1470 g/mol. The Morgan fingerprint density at radius 2 is 1.09 bits per heavy atom. The van der Waals surface area contributed by atoms with Crippen molar-refractivity contribution in [1.29, 1.82) is 0 Å². The number of carbonyl (C=O) groups is 2. The molecule has 4 aromatic carbocycles. The number of aliphatic hydroxyl groups excluding tert-OH is 1. The largest absolute Gasteiger partial charge is 2.00 e. The number of nitrogen functional groups attached to an aromatic ring is 2. The van der Waals surface area contributed by atoms with Gasteiger partial charge in [-0.05, 0) is 61.4 Å². The molecule has 9 N–H and O–H groups in total. The van der Waals surface area contributed by atoms with E-state index in [1.54, 1.807) is 36.4 Å². The summed E-state index contributed by atoms with van der Waals surface area (Å²) in [5.74, 6) is -0.566. The fraction of sp³-hybridized carbons (Fsp3) is 0.484. The molecule has 12 atom stereocenters. The van der Waals surface area contributed by atoms with Crippen molar-refractivity contribution in [3.8, 4) is 23.3 Å². The number of unbranched alkanes of at least 4 members (excludes halogenated alkanes) is 1. The van der Waals surface area contributed by atoms with Crippen molar-refractivity contribution in [2.75, 3.05) is 52.1 Å². The average molecular weight is 1470 g/mol. The molecular formula is C64H86Cl2F2MgN12O16P2. The number of anilines is 2. The number of hydrogen-bond acceptors (Lipinski definition) is 24. The van der Waals surface area contributed by atoms with Crippen LogP contribution in [0.5, 0.6) is 23.3 Å². The number of benzene rings is 4. The van der Waals surface area contributed by atoms with E-state index in [0.29, 0.717) is 16.7 Å². The van der Waals surface area contributed by atoms with E-state index < -0.39 is 100 Å². The molecule has 10 rings (SSSR count). The summed E-state index contributed by atoms with van der Waals surface area (Å²) < 4.78 is 109. The molecule has 538 valence electrons. The standard InChI is InChI=1S/C30H38FN6O8P.C18H23ClNO4P.C12H16FN5O4.C4H9.ClH.Mg/c1-17(26(38)42-15-29(2,3)4)36-46(40,45-20-13-9-11-18-10-7-8-12-19(18)20)43-14-21-23(31)30(5,39)27(44-21)37-16-33-22-24(37)34-28(32)35-25(22)41-6;1-13(17(21)23-12-18(2,3)4)20-25(19,22)24-16-11-7-9-14-8-5-6-10-15(14)16;1-12(20)7(13)5(3-19)22-10(12)18-4-15-6-8(18)16-11(14)17-9(6)21-2;1-3-4-2;;/h7-13,16-17,21,23,27,39H,14-15H2,1-6H3,(H,36,40)(H2,32,34,35);5-11,13H,12H2,1-4H3,(H,20,22);4-5,7,10,19-20H,3H2,1-2H3,(H2,14,16,17);1,3-4H2,2H3;1H;/q;;;-1;;+2/p-1/t17-,21+,23-,27+,30+,46?;13-,25?;5-,7+,10-,12-;;;/m001.../s1. The predicted octanol–water partition coefficient (Wildman–Crippen LogP) is 7.10. The van der Waals surface area contributed by atoms with Crippen LogP contribution in [0.25, 0.3) is 43.9 Å². The summed E-state index contributed by atoms with van der Waals surface area (Å²) in [4.78, 5) is 49.2. The second-order valence-electron chi connectivity index (χ2n) is 25.6. The maximum Gasteiger partial charge on any atom is 2.00 e. The molecule has 0 spiro atoms. The van der Waals surface area contributed by atoms with Crippen LogP contribution in [0.1, 0.15) is 101 Å². The average Bonchev–Trinajstić information content (AvgIpc) is 1.59. The van der Waals surface area contributed by atoms with Crippen molar-refractivity contribution in [1.82, 2.24) is 49.2 Å². The SMILES string of the molecule is COc1nc(N)nc2c1ncn2[C@@H]1O[C@H](CO)[C@H](F)[C@@]1(C)O.COc1nc(N)nc2c1ncn2[C@@H]1O[C@H](COP(=O)(N[C@@H](C)C(=O)OCC(C)(C)C)Oc2cccc3ccccc23)[C@H](F)[C@@]1(C)O.C[C@H](NP(=O)(Cl)Oc1cccc2ccccc12)C(=O)OCC(C)(C)C.[CH2-]CCC.[Cl-].[Mg+2]. The van der Waals surface area contributed by atoms with Crippen LogP contribution in [0.3, 0.4) is 0 Å². The summed E-state index contributed by atoms with van der Waals surface area (Å²) in [5.41, 5.74) is 7.89. The third-order valence-electron chi connectivity index (χ3n) is 14.7. The first-order valence-corrected chi connectivity index (χ1v) is 34.9. The van der Waals surface area contributed by atoms with Crippen LogP contribution in [-0.4, -0.2) is 178 Å². The molecule has 2 aliphatic rings. The van der Waals surface area contributed by atoms with E-state index in [9.17, 15) is 33.3 Å². The number of nitrogens with two attached hydrogens (primary N) is 2. The maximum atomic E-state index is 15.8. The van der Waals surface area contributed by atoms with E-state index >= 15 is 4.39 Å². The summed E-state index contributed by atoms with van der Waals surface area (Å²) in [6.07, 6.45) is -3.95. The van der Waals surface area contributed by atoms with Crippen LogP contribution < -0.4 is 52.6 Å². The summed E-state index contributed by atoms with van der Waals surface area (Å²) in [6.45, 7) is 18.2. The number of methoxy groups -OCH3 is 2. The normalized spacial score (nSPS) is 22.3. The molecule has 28 nitrogen and oxygen atoms in total. The van der Waals surface area contributed by atoms with Gasteiger partial charge in [0, 0.05) is 22.0 Å². The fourth-order valence-corrected chi connectivity index (χ4v) is 12.9. The van der Waals surface area contributed by atoms with E-state index in [2.05, 4.69) is 53.9 Å². The number of halogens is 4. The van der Waals surface area contributed by atoms with Crippen molar-refractivity contribution in [3.63, 3.8) is 0 Å². The zero-order valence-electron chi connectivity index (χ0n) is 57.3. The Hall–Kier alpha value is -6.41. The van der Waals surface area contributed by atoms with Gasteiger partial charge in [-0.25, -0.2) is 33.0 Å². The molecule has 0 radical (unpaired) electrons. The molecule has 99 heavy (non-hydrogen) atoms. The molecule has 0 saturated carbocycles. The number of nitrogens with zero attached hydrogens (tertiary/aromatic N) is 8. The van der Waals surface area contributed by atoms with Gasteiger partial charge >= 0.3 is 49.6 Å². The number of alkyl halides is 2. The second-order valence-corrected chi connectivity index (χ2v) is 30.1. The number of esters is 2. The van der Waals surface area contributed by atoms with Crippen molar-refractivity contribution < 1.29 is 97.2 Å². The molecule has 2 aliphatic heterocycles. The summed E-state index contributed by atoms with van der Waals surface area (Å²) in [5, 5.41) is 39.1. The Balaban J connectivity index is 0.000000281. The van der Waals surface area contributed by atoms with Gasteiger partial charge in [-0.3, -0.25) is 23.2 Å². The molecule has 4 aromatic heterocycles. The van der Waals surface area contributed by atoms with Gasteiger partial charge < -0.3 is 83.6 Å². The van der Waals surface area contributed by atoms with E-state index in [4.69, 9.17) is 69.8 Å². The number of imidazole rings is 2. The number of aliphatic hydroxyl groups is 3. The minimum absolute atomic E-state index is 0. The number of rotatable bonds is 21. The quantitative estimate of drug-likeness (QED) is 0.0163. The molecular weight excluding hydrogens is 1390 g/mol. The molecule has 0 amide bonds. The zero-order chi connectivity index (χ0) is 71.6. The van der Waals surface area contributed by atoms with E-state index in [1.807, 2.05) is 90.1 Å². The Labute approximate surface area is 599 Å². The predicted molar refractivity (Wildman–Crippen MR) is 367 cm³/mol. The first-order valence-electron chi connectivity index (χ1n) is 30.8. The van der Waals surface area contributed by atoms with Gasteiger partial charge in [-0.15, -0.1) is 0 Å². The minimum Gasteiger partial charge on any atom is -1.00 e. The van der Waals surface area contributed by atoms with Crippen LogP contribution in [0.2, 0.25) is 0 Å². The molecule has 6 heterocycles. The van der Waals surface area contributed by atoms with Gasteiger partial charge in [0.05, 0.1) is 53.3 Å². The molecule has 8 aromatic rings. The van der Waals surface area contributed by atoms with Crippen LogP contribution in [0.15, 0.2) is 97.6 Å². The first-order chi connectivity index (χ1) is 45.5. The zero-order valence-corrected chi connectivity index (χ0v) is 62.0. The van der Waals surface area contributed by atoms with E-state index in [0.717, 1.165) is 22.6 Å². The van der Waals surface area contributed by atoms with Crippen LogP contribution >= 0.6 is 25.9 Å². The van der Waals surface area contributed by atoms with Crippen LogP contribution in [0.4, 0.5) is 20.7 Å². The number of carbonyl (C=O) groups excluding carboxylic acids is 2. The Kier molecular flexibility index (Phi) is 29.4.